The molecule has 0 atom stereocenters. The van der Waals surface area contributed by atoms with Gasteiger partial charge in [-0.05, 0) is 30.1 Å². The standard InChI is InChI=1S/C8H10N2O2S2/c1-14(11,12)6-2-3-7-8(4-6)13-10-5-9-7/h2-4,9-10H,5H2,1H3. The van der Waals surface area contributed by atoms with Gasteiger partial charge in [0.2, 0.25) is 0 Å². The Labute approximate surface area is 87.1 Å². The summed E-state index contributed by atoms with van der Waals surface area (Å²) in [6.45, 7) is 0.690. The summed E-state index contributed by atoms with van der Waals surface area (Å²) in [5, 5.41) is 3.11. The van der Waals surface area contributed by atoms with Gasteiger partial charge in [0.15, 0.2) is 9.84 Å². The molecule has 0 amide bonds. The Morgan fingerprint density at radius 1 is 1.43 bits per heavy atom. The number of anilines is 1. The molecule has 0 saturated heterocycles. The summed E-state index contributed by atoms with van der Waals surface area (Å²) in [5.74, 6) is 0. The lowest BCUT2D eigenvalue weighted by atomic mass is 10.3. The summed E-state index contributed by atoms with van der Waals surface area (Å²) >= 11 is 1.44. The van der Waals surface area contributed by atoms with Crippen molar-refractivity contribution in [3.63, 3.8) is 0 Å². The highest BCUT2D eigenvalue weighted by Crippen LogP contribution is 2.30. The minimum absolute atomic E-state index is 0.356. The van der Waals surface area contributed by atoms with Gasteiger partial charge in [0, 0.05) is 11.2 Å². The van der Waals surface area contributed by atoms with Gasteiger partial charge in [-0.3, -0.25) is 0 Å². The van der Waals surface area contributed by atoms with E-state index in [2.05, 4.69) is 10.0 Å². The third-order valence-corrected chi connectivity index (χ3v) is 3.87. The van der Waals surface area contributed by atoms with Crippen LogP contribution in [-0.2, 0) is 9.84 Å². The van der Waals surface area contributed by atoms with Crippen molar-refractivity contribution < 1.29 is 8.42 Å². The molecule has 1 aliphatic rings. The first kappa shape index (κ1) is 9.82. The Kier molecular flexibility index (Phi) is 2.42. The van der Waals surface area contributed by atoms with Crippen LogP contribution in [0.15, 0.2) is 28.0 Å². The maximum Gasteiger partial charge on any atom is 0.175 e. The molecule has 0 unspecified atom stereocenters. The van der Waals surface area contributed by atoms with Crippen molar-refractivity contribution in [2.24, 2.45) is 0 Å². The number of hydrogen-bond acceptors (Lipinski definition) is 5. The molecule has 1 aromatic carbocycles. The second-order valence-corrected chi connectivity index (χ2v) is 5.98. The molecule has 2 N–H and O–H groups in total. The molecule has 1 aliphatic heterocycles. The van der Waals surface area contributed by atoms with E-state index in [9.17, 15) is 8.42 Å². The average molecular weight is 230 g/mol. The Balaban J connectivity index is 2.49. The summed E-state index contributed by atoms with van der Waals surface area (Å²) < 4.78 is 25.6. The fourth-order valence-corrected chi connectivity index (χ4v) is 2.67. The number of fused-ring (bicyclic) bond motifs is 1. The predicted octanol–water partition coefficient (Wildman–Crippen LogP) is 1.07. The maximum atomic E-state index is 11.3. The van der Waals surface area contributed by atoms with Crippen LogP contribution in [-0.4, -0.2) is 21.3 Å². The Bertz CT molecular complexity index is 456. The van der Waals surface area contributed by atoms with E-state index in [4.69, 9.17) is 0 Å². The number of hydrogen-bond donors (Lipinski definition) is 2. The van der Waals surface area contributed by atoms with Crippen LogP contribution in [0, 0.1) is 0 Å². The molecule has 0 fully saturated rings. The number of sulfone groups is 1. The Morgan fingerprint density at radius 2 is 2.21 bits per heavy atom. The fraction of sp³-hybridized carbons (Fsp3) is 0.250. The Hall–Kier alpha value is -0.720. The van der Waals surface area contributed by atoms with Gasteiger partial charge in [-0.25, -0.2) is 13.1 Å². The normalized spacial score (nSPS) is 15.8. The van der Waals surface area contributed by atoms with Gasteiger partial charge in [-0.15, -0.1) is 0 Å². The zero-order valence-corrected chi connectivity index (χ0v) is 9.21. The summed E-state index contributed by atoms with van der Waals surface area (Å²) in [6.07, 6.45) is 1.21. The van der Waals surface area contributed by atoms with Crippen LogP contribution < -0.4 is 10.0 Å². The minimum Gasteiger partial charge on any atom is -0.371 e. The van der Waals surface area contributed by atoms with E-state index in [1.54, 1.807) is 18.2 Å². The molecule has 6 heteroatoms. The van der Waals surface area contributed by atoms with Gasteiger partial charge >= 0.3 is 0 Å². The quantitative estimate of drug-likeness (QED) is 0.707. The van der Waals surface area contributed by atoms with Crippen molar-refractivity contribution in [3.05, 3.63) is 18.2 Å². The van der Waals surface area contributed by atoms with E-state index < -0.39 is 9.84 Å². The molecule has 76 valence electrons. The van der Waals surface area contributed by atoms with E-state index in [0.717, 1.165) is 10.6 Å². The van der Waals surface area contributed by atoms with Crippen molar-refractivity contribution in [2.75, 3.05) is 18.2 Å². The summed E-state index contributed by atoms with van der Waals surface area (Å²) in [7, 11) is -3.11. The average Bonchev–Trinajstić information content (AvgIpc) is 2.16. The Morgan fingerprint density at radius 3 is 2.93 bits per heavy atom. The van der Waals surface area contributed by atoms with Crippen LogP contribution in [0.4, 0.5) is 5.69 Å². The predicted molar refractivity (Wildman–Crippen MR) is 57.0 cm³/mol. The summed E-state index contributed by atoms with van der Waals surface area (Å²) in [4.78, 5) is 1.27. The lowest BCUT2D eigenvalue weighted by Crippen LogP contribution is -2.20. The smallest absolute Gasteiger partial charge is 0.175 e. The van der Waals surface area contributed by atoms with Crippen LogP contribution in [0.5, 0.6) is 0 Å². The molecule has 0 saturated carbocycles. The lowest BCUT2D eigenvalue weighted by Gasteiger charge is -2.18. The fourth-order valence-electron chi connectivity index (χ4n) is 1.21. The monoisotopic (exact) mass is 230 g/mol. The van der Waals surface area contributed by atoms with E-state index in [0.29, 0.717) is 11.6 Å². The minimum atomic E-state index is -3.11. The molecule has 0 radical (unpaired) electrons. The van der Waals surface area contributed by atoms with Crippen LogP contribution in [0.25, 0.3) is 0 Å². The second-order valence-electron chi connectivity index (χ2n) is 3.03. The molecule has 0 aromatic heterocycles. The van der Waals surface area contributed by atoms with E-state index in [1.165, 1.54) is 18.2 Å². The molecular formula is C8H10N2O2S2. The van der Waals surface area contributed by atoms with Gasteiger partial charge in [-0.1, -0.05) is 0 Å². The van der Waals surface area contributed by atoms with Crippen LogP contribution in [0.1, 0.15) is 0 Å². The van der Waals surface area contributed by atoms with E-state index in [1.807, 2.05) is 0 Å². The zero-order valence-electron chi connectivity index (χ0n) is 7.57. The van der Waals surface area contributed by atoms with Gasteiger partial charge in [-0.2, -0.15) is 0 Å². The maximum absolute atomic E-state index is 11.3. The molecule has 0 bridgehead atoms. The second kappa shape index (κ2) is 3.45. The zero-order chi connectivity index (χ0) is 10.2. The first-order valence-corrected chi connectivity index (χ1v) is 6.76. The van der Waals surface area contributed by atoms with Crippen molar-refractivity contribution in [1.82, 2.24) is 4.72 Å². The molecule has 0 aliphatic carbocycles. The molecule has 2 rings (SSSR count). The van der Waals surface area contributed by atoms with Crippen LogP contribution >= 0.6 is 11.9 Å². The number of benzene rings is 1. The third kappa shape index (κ3) is 1.87. The first-order valence-electron chi connectivity index (χ1n) is 4.05. The van der Waals surface area contributed by atoms with Crippen LogP contribution in [0.3, 0.4) is 0 Å². The van der Waals surface area contributed by atoms with Crippen molar-refractivity contribution in [1.29, 1.82) is 0 Å². The largest absolute Gasteiger partial charge is 0.371 e. The van der Waals surface area contributed by atoms with E-state index in [-0.39, 0.29) is 0 Å². The first-order chi connectivity index (χ1) is 6.57. The number of nitrogens with one attached hydrogen (secondary N) is 2. The van der Waals surface area contributed by atoms with Gasteiger partial charge in [0.05, 0.1) is 17.3 Å². The summed E-state index contributed by atoms with van der Waals surface area (Å²) in [5.41, 5.74) is 0.973. The molecule has 14 heavy (non-hydrogen) atoms. The highest BCUT2D eigenvalue weighted by Gasteiger charge is 2.13. The number of rotatable bonds is 1. The van der Waals surface area contributed by atoms with Crippen LogP contribution in [0.2, 0.25) is 0 Å². The molecule has 1 aromatic rings. The topological polar surface area (TPSA) is 58.2 Å². The molecular weight excluding hydrogens is 220 g/mol. The highest BCUT2D eigenvalue weighted by atomic mass is 32.2. The SMILES string of the molecule is CS(=O)(=O)c1ccc2c(c1)SNCN2. The van der Waals surface area contributed by atoms with Crippen molar-refractivity contribution in [2.45, 2.75) is 9.79 Å². The van der Waals surface area contributed by atoms with E-state index >= 15 is 0 Å². The summed E-state index contributed by atoms with van der Waals surface area (Å²) in [6, 6.07) is 5.08. The van der Waals surface area contributed by atoms with Crippen molar-refractivity contribution >= 4 is 27.5 Å². The van der Waals surface area contributed by atoms with Gasteiger partial charge < -0.3 is 5.32 Å². The molecule has 1 heterocycles. The third-order valence-electron chi connectivity index (χ3n) is 1.91. The van der Waals surface area contributed by atoms with Gasteiger partial charge in [0.25, 0.3) is 0 Å². The molecule has 4 nitrogen and oxygen atoms in total. The lowest BCUT2D eigenvalue weighted by molar-refractivity contribution is 0.601. The highest BCUT2D eigenvalue weighted by molar-refractivity contribution is 7.97. The molecule has 0 spiro atoms. The van der Waals surface area contributed by atoms with Crippen molar-refractivity contribution in [3.8, 4) is 0 Å². The van der Waals surface area contributed by atoms with Gasteiger partial charge in [0.1, 0.15) is 0 Å².